The maximum absolute atomic E-state index is 5.98. The van der Waals surface area contributed by atoms with E-state index in [2.05, 4.69) is 48.0 Å². The molecule has 1 aromatic heterocycles. The molecule has 3 heterocycles. The second-order valence-electron chi connectivity index (χ2n) is 8.00. The van der Waals surface area contributed by atoms with E-state index in [1.165, 1.54) is 23.4 Å². The summed E-state index contributed by atoms with van der Waals surface area (Å²) in [5, 5.41) is 4.71. The molecular weight excluding hydrogens is 352 g/mol. The summed E-state index contributed by atoms with van der Waals surface area (Å²) in [6.07, 6.45) is 1.21. The fraction of sp³-hybridized carbons (Fsp3) is 0.591. The lowest BCUT2D eigenvalue weighted by Gasteiger charge is -2.30. The van der Waals surface area contributed by atoms with Gasteiger partial charge in [-0.25, -0.2) is 0 Å². The molecule has 0 bridgehead atoms. The molecule has 2 fully saturated rings. The molecule has 6 nitrogen and oxygen atoms in total. The van der Waals surface area contributed by atoms with Crippen molar-refractivity contribution in [1.82, 2.24) is 14.7 Å². The number of aromatic nitrogens is 2. The van der Waals surface area contributed by atoms with Gasteiger partial charge in [-0.3, -0.25) is 9.58 Å². The van der Waals surface area contributed by atoms with Crippen LogP contribution >= 0.6 is 0 Å². The van der Waals surface area contributed by atoms with Gasteiger partial charge < -0.3 is 14.4 Å². The fourth-order valence-electron chi connectivity index (χ4n) is 4.38. The summed E-state index contributed by atoms with van der Waals surface area (Å²) in [4.78, 5) is 4.99. The van der Waals surface area contributed by atoms with Crippen molar-refractivity contribution in [2.45, 2.75) is 26.5 Å². The smallest absolute Gasteiger partial charge is 0.131 e. The van der Waals surface area contributed by atoms with Gasteiger partial charge in [0.1, 0.15) is 5.82 Å². The zero-order chi connectivity index (χ0) is 19.3. The average Bonchev–Trinajstić information content (AvgIpc) is 3.27. The van der Waals surface area contributed by atoms with Crippen molar-refractivity contribution in [3.8, 4) is 0 Å². The van der Waals surface area contributed by atoms with Gasteiger partial charge in [0.25, 0.3) is 0 Å². The Labute approximate surface area is 168 Å². The molecule has 0 spiro atoms. The average molecular weight is 385 g/mol. The highest BCUT2D eigenvalue weighted by atomic mass is 16.5. The number of benzene rings is 1. The fourth-order valence-corrected chi connectivity index (χ4v) is 4.38. The topological polar surface area (TPSA) is 42.8 Å². The molecule has 28 heavy (non-hydrogen) atoms. The molecule has 1 atom stereocenters. The van der Waals surface area contributed by atoms with Gasteiger partial charge in [-0.2, -0.15) is 5.10 Å². The Morgan fingerprint density at radius 3 is 2.71 bits per heavy atom. The molecule has 2 aromatic rings. The molecule has 0 radical (unpaired) electrons. The molecule has 152 valence electrons. The molecule has 2 aliphatic heterocycles. The third-order valence-corrected chi connectivity index (χ3v) is 5.84. The number of aryl methyl sites for hydroxylation is 2. The normalized spacial score (nSPS) is 20.8. The number of rotatable bonds is 7. The summed E-state index contributed by atoms with van der Waals surface area (Å²) >= 11 is 0. The summed E-state index contributed by atoms with van der Waals surface area (Å²) in [5.74, 6) is 1.89. The Morgan fingerprint density at radius 1 is 1.14 bits per heavy atom. The Hall–Kier alpha value is -1.89. The SMILES string of the molecule is Cc1nn(C)c(N2CCOCC2)c1CN1CCC(COCc2ccccc2)C1. The van der Waals surface area contributed by atoms with Gasteiger partial charge in [0.05, 0.1) is 32.1 Å². The van der Waals surface area contributed by atoms with Crippen molar-refractivity contribution >= 4 is 5.82 Å². The lowest BCUT2D eigenvalue weighted by atomic mass is 10.1. The maximum atomic E-state index is 5.98. The molecule has 6 heteroatoms. The summed E-state index contributed by atoms with van der Waals surface area (Å²) in [5.41, 5.74) is 3.77. The van der Waals surface area contributed by atoms with Crippen molar-refractivity contribution in [3.63, 3.8) is 0 Å². The first-order valence-electron chi connectivity index (χ1n) is 10.4. The van der Waals surface area contributed by atoms with Gasteiger partial charge in [-0.1, -0.05) is 30.3 Å². The summed E-state index contributed by atoms with van der Waals surface area (Å²) in [6.45, 7) is 10.4. The predicted molar refractivity (Wildman–Crippen MR) is 110 cm³/mol. The van der Waals surface area contributed by atoms with Crippen LogP contribution in [-0.4, -0.2) is 60.7 Å². The minimum absolute atomic E-state index is 0.618. The number of morpholine rings is 1. The molecule has 0 N–H and O–H groups in total. The second-order valence-corrected chi connectivity index (χ2v) is 8.00. The zero-order valence-electron chi connectivity index (χ0n) is 17.1. The Morgan fingerprint density at radius 2 is 1.93 bits per heavy atom. The molecule has 2 aliphatic rings. The molecule has 0 saturated carbocycles. The van der Waals surface area contributed by atoms with Crippen LogP contribution in [0.15, 0.2) is 30.3 Å². The van der Waals surface area contributed by atoms with Crippen LogP contribution in [0.4, 0.5) is 5.82 Å². The molecule has 2 saturated heterocycles. The van der Waals surface area contributed by atoms with Crippen LogP contribution in [0.2, 0.25) is 0 Å². The molecule has 1 aromatic carbocycles. The Kier molecular flexibility index (Phi) is 6.29. The Balaban J connectivity index is 1.31. The lowest BCUT2D eigenvalue weighted by molar-refractivity contribution is 0.0885. The molecular formula is C22H32N4O2. The van der Waals surface area contributed by atoms with E-state index in [1.54, 1.807) is 0 Å². The van der Waals surface area contributed by atoms with Crippen molar-refractivity contribution in [3.05, 3.63) is 47.2 Å². The predicted octanol–water partition coefficient (Wildman–Crippen LogP) is 2.60. The van der Waals surface area contributed by atoms with Crippen LogP contribution in [0, 0.1) is 12.8 Å². The van der Waals surface area contributed by atoms with Gasteiger partial charge in [0.2, 0.25) is 0 Å². The van der Waals surface area contributed by atoms with Crippen molar-refractivity contribution in [2.75, 3.05) is 50.9 Å². The van der Waals surface area contributed by atoms with Crippen LogP contribution in [0.1, 0.15) is 23.2 Å². The molecule has 1 unspecified atom stereocenters. The molecule has 0 aliphatic carbocycles. The third-order valence-electron chi connectivity index (χ3n) is 5.84. The molecule has 0 amide bonds. The maximum Gasteiger partial charge on any atom is 0.131 e. The van der Waals surface area contributed by atoms with E-state index in [9.17, 15) is 0 Å². The largest absolute Gasteiger partial charge is 0.378 e. The summed E-state index contributed by atoms with van der Waals surface area (Å²) in [7, 11) is 2.06. The van der Waals surface area contributed by atoms with Gasteiger partial charge in [0, 0.05) is 38.8 Å². The van der Waals surface area contributed by atoms with E-state index in [1.807, 2.05) is 10.7 Å². The number of hydrogen-bond acceptors (Lipinski definition) is 5. The van der Waals surface area contributed by atoms with E-state index in [0.29, 0.717) is 12.5 Å². The van der Waals surface area contributed by atoms with E-state index in [4.69, 9.17) is 14.6 Å². The van der Waals surface area contributed by atoms with Crippen molar-refractivity contribution < 1.29 is 9.47 Å². The lowest BCUT2D eigenvalue weighted by Crippen LogP contribution is -2.38. The Bertz CT molecular complexity index is 755. The minimum Gasteiger partial charge on any atom is -0.378 e. The zero-order valence-corrected chi connectivity index (χ0v) is 17.1. The van der Waals surface area contributed by atoms with E-state index in [-0.39, 0.29) is 0 Å². The van der Waals surface area contributed by atoms with E-state index < -0.39 is 0 Å². The first-order valence-corrected chi connectivity index (χ1v) is 10.4. The summed E-state index contributed by atoms with van der Waals surface area (Å²) in [6, 6.07) is 10.4. The molecule has 4 rings (SSSR count). The number of nitrogens with zero attached hydrogens (tertiary/aromatic N) is 4. The van der Waals surface area contributed by atoms with Crippen LogP contribution in [-0.2, 0) is 29.7 Å². The third kappa shape index (κ3) is 4.57. The monoisotopic (exact) mass is 384 g/mol. The van der Waals surface area contributed by atoms with Crippen LogP contribution in [0.25, 0.3) is 0 Å². The van der Waals surface area contributed by atoms with Crippen molar-refractivity contribution in [2.24, 2.45) is 13.0 Å². The van der Waals surface area contributed by atoms with Crippen LogP contribution in [0.3, 0.4) is 0 Å². The van der Waals surface area contributed by atoms with Gasteiger partial charge in [-0.15, -0.1) is 0 Å². The highest BCUT2D eigenvalue weighted by Crippen LogP contribution is 2.28. The number of hydrogen-bond donors (Lipinski definition) is 0. The second kappa shape index (κ2) is 9.07. The number of likely N-dealkylation sites (tertiary alicyclic amines) is 1. The van der Waals surface area contributed by atoms with Crippen LogP contribution in [0.5, 0.6) is 0 Å². The number of anilines is 1. The minimum atomic E-state index is 0.618. The highest BCUT2D eigenvalue weighted by Gasteiger charge is 2.27. The summed E-state index contributed by atoms with van der Waals surface area (Å²) < 4.78 is 13.6. The first-order chi connectivity index (χ1) is 13.7. The highest BCUT2D eigenvalue weighted by molar-refractivity contribution is 5.50. The van der Waals surface area contributed by atoms with Gasteiger partial charge in [0.15, 0.2) is 0 Å². The van der Waals surface area contributed by atoms with Crippen molar-refractivity contribution in [1.29, 1.82) is 0 Å². The van der Waals surface area contributed by atoms with Crippen LogP contribution < -0.4 is 4.90 Å². The van der Waals surface area contributed by atoms with E-state index in [0.717, 1.165) is 58.2 Å². The quantitative estimate of drug-likeness (QED) is 0.734. The first kappa shape index (κ1) is 19.4. The standard InChI is InChI=1S/C22H32N4O2/c1-18-21(22(24(2)23-18)26-10-12-27-13-11-26)15-25-9-8-20(14-25)17-28-16-19-6-4-3-5-7-19/h3-7,20H,8-17H2,1-2H3. The van der Waals surface area contributed by atoms with E-state index >= 15 is 0 Å². The van der Waals surface area contributed by atoms with Gasteiger partial charge >= 0.3 is 0 Å². The number of ether oxygens (including phenoxy) is 2. The van der Waals surface area contributed by atoms with Gasteiger partial charge in [-0.05, 0) is 31.4 Å².